The molecule has 2 aliphatic carbocycles. The molecule has 0 amide bonds. The third kappa shape index (κ3) is 3.24. The number of aliphatic hydroxyl groups excluding tert-OH is 2. The summed E-state index contributed by atoms with van der Waals surface area (Å²) in [6.07, 6.45) is 18.6. The van der Waals surface area contributed by atoms with Gasteiger partial charge in [-0.1, -0.05) is 61.7 Å². The van der Waals surface area contributed by atoms with E-state index in [0.29, 0.717) is 23.9 Å². The second-order valence-corrected chi connectivity index (χ2v) is 17.2. The largest absolute Gasteiger partial charge is 0.392 e. The smallest absolute Gasteiger partial charge is 0.103 e. The summed E-state index contributed by atoms with van der Waals surface area (Å²) in [5, 5.41) is 20.9. The molecule has 2 saturated carbocycles. The molecule has 2 aromatic carbocycles. The molecule has 4 saturated heterocycles. The minimum absolute atomic E-state index is 0.0183. The van der Waals surface area contributed by atoms with Crippen LogP contribution < -0.4 is 9.80 Å². The SMILES string of the molecule is C=CC[N@+]12CC[C@]34c5ccccc5N5C=C6[C@H]7C[C@H]8[C@]9(CC[N@@+]8(CC=C)C/C7=C/CO)c7ccccc7N(C=C([C@@H](C[C@H]31)/C(=C\CO)C2)[C@@H]54)[C@H]69. The molecule has 4 bridgehead atoms. The number of para-hydroxylation sites is 2. The number of benzene rings is 2. The predicted molar refractivity (Wildman–Crippen MR) is 198 cm³/mol. The fourth-order valence-corrected chi connectivity index (χ4v) is 14.6. The predicted octanol–water partition coefficient (Wildman–Crippen LogP) is 5.48. The van der Waals surface area contributed by atoms with E-state index in [2.05, 4.69) is 108 Å². The van der Waals surface area contributed by atoms with Crippen LogP contribution in [-0.4, -0.2) is 95.8 Å². The molecule has 0 unspecified atom stereocenters. The standard InChI is InChI=1S/C44H50N4O2/c1-3-17-47-19-15-43-35-9-5-7-11-37(35)45-26-34-32-24-40-44(16-20-48(40,18-4-2)28-30(32)14-22-50)36-10-6-8-12-38(36)46(42(34)44)25-33(41(43)45)31(23-39(43)47)29(27-47)13-21-49/h3-14,25-26,31-32,39-42,49-50H,1-2,15-24,27-28H2/q+2/b29-13-,30-14-,33-25?,34-26?/t31-,32-,39-,40+,41+,42+,43-,44-,47-,48+/m0/s1. The quantitative estimate of drug-likeness (QED) is 0.317. The Morgan fingerprint density at radius 2 is 1.12 bits per heavy atom. The maximum absolute atomic E-state index is 10.5. The average Bonchev–Trinajstić information content (AvgIpc) is 3.81. The Labute approximate surface area is 296 Å². The molecule has 7 heterocycles. The van der Waals surface area contributed by atoms with E-state index in [1.165, 1.54) is 33.6 Å². The van der Waals surface area contributed by atoms with Gasteiger partial charge in [0.05, 0.1) is 62.3 Å². The highest BCUT2D eigenvalue weighted by molar-refractivity contribution is 5.77. The van der Waals surface area contributed by atoms with Gasteiger partial charge in [0.25, 0.3) is 0 Å². The topological polar surface area (TPSA) is 46.9 Å². The molecule has 2 aromatic rings. The first-order valence-electron chi connectivity index (χ1n) is 19.2. The van der Waals surface area contributed by atoms with Crippen LogP contribution in [-0.2, 0) is 10.8 Å². The van der Waals surface area contributed by atoms with Gasteiger partial charge in [0.1, 0.15) is 25.2 Å². The lowest BCUT2D eigenvalue weighted by Crippen LogP contribution is -2.69. The maximum Gasteiger partial charge on any atom is 0.103 e. The fraction of sp³-hybridized carbons (Fsp3) is 0.455. The first-order chi connectivity index (χ1) is 24.5. The maximum atomic E-state index is 10.5. The molecule has 2 N–H and O–H groups in total. The zero-order chi connectivity index (χ0) is 33.6. The van der Waals surface area contributed by atoms with Crippen molar-refractivity contribution in [1.82, 2.24) is 0 Å². The number of nitrogens with zero attached hydrogens (tertiary/aromatic N) is 4. The van der Waals surface area contributed by atoms with Gasteiger partial charge in [0.15, 0.2) is 0 Å². The van der Waals surface area contributed by atoms with Gasteiger partial charge in [-0.2, -0.15) is 0 Å². The number of piperidine rings is 2. The van der Waals surface area contributed by atoms with E-state index in [9.17, 15) is 10.2 Å². The van der Waals surface area contributed by atoms with Crippen LogP contribution in [0.5, 0.6) is 0 Å². The zero-order valence-electron chi connectivity index (χ0n) is 29.1. The molecule has 9 aliphatic rings. The Morgan fingerprint density at radius 1 is 0.680 bits per heavy atom. The van der Waals surface area contributed by atoms with Crippen molar-refractivity contribution in [1.29, 1.82) is 0 Å². The highest BCUT2D eigenvalue weighted by Crippen LogP contribution is 2.69. The molecule has 50 heavy (non-hydrogen) atoms. The fourth-order valence-electron chi connectivity index (χ4n) is 14.6. The first-order valence-corrected chi connectivity index (χ1v) is 19.2. The minimum atomic E-state index is 0.0183. The van der Waals surface area contributed by atoms with Crippen molar-refractivity contribution in [2.45, 2.75) is 60.7 Å². The molecular weight excluding hydrogens is 617 g/mol. The normalized spacial score (nSPS) is 43.4. The van der Waals surface area contributed by atoms with Crippen LogP contribution in [0.2, 0.25) is 0 Å². The van der Waals surface area contributed by atoms with Gasteiger partial charge in [-0.25, -0.2) is 0 Å². The number of anilines is 2. The van der Waals surface area contributed by atoms with E-state index in [4.69, 9.17) is 0 Å². The highest BCUT2D eigenvalue weighted by atomic mass is 16.3. The summed E-state index contributed by atoms with van der Waals surface area (Å²) >= 11 is 0. The van der Waals surface area contributed by atoms with Gasteiger partial charge in [-0.05, 0) is 57.7 Å². The Bertz CT molecular complexity index is 1850. The Hall–Kier alpha value is -3.68. The molecule has 7 aliphatic heterocycles. The van der Waals surface area contributed by atoms with E-state index < -0.39 is 0 Å². The lowest BCUT2D eigenvalue weighted by molar-refractivity contribution is -0.937. The van der Waals surface area contributed by atoms with Gasteiger partial charge in [0, 0.05) is 61.3 Å². The molecule has 0 radical (unpaired) electrons. The van der Waals surface area contributed by atoms with Crippen LogP contribution in [0, 0.1) is 11.8 Å². The molecule has 256 valence electrons. The van der Waals surface area contributed by atoms with Crippen molar-refractivity contribution in [3.63, 3.8) is 0 Å². The third-order valence-electron chi connectivity index (χ3n) is 15.9. The van der Waals surface area contributed by atoms with Crippen molar-refractivity contribution in [2.24, 2.45) is 11.8 Å². The van der Waals surface area contributed by atoms with Crippen molar-refractivity contribution < 1.29 is 19.2 Å². The number of aliphatic hydroxyl groups is 2. The molecule has 6 fully saturated rings. The van der Waals surface area contributed by atoms with Gasteiger partial charge < -0.3 is 29.0 Å². The van der Waals surface area contributed by atoms with Gasteiger partial charge in [-0.3, -0.25) is 0 Å². The summed E-state index contributed by atoms with van der Waals surface area (Å²) in [6.45, 7) is 15.0. The van der Waals surface area contributed by atoms with E-state index in [1.54, 1.807) is 11.1 Å². The Morgan fingerprint density at radius 3 is 1.54 bits per heavy atom. The molecule has 2 spiro atoms. The van der Waals surface area contributed by atoms with Crippen molar-refractivity contribution in [3.8, 4) is 0 Å². The van der Waals surface area contributed by atoms with Crippen LogP contribution in [0.4, 0.5) is 11.4 Å². The summed E-state index contributed by atoms with van der Waals surface area (Å²) < 4.78 is 2.12. The summed E-state index contributed by atoms with van der Waals surface area (Å²) in [5.74, 6) is 0.615. The van der Waals surface area contributed by atoms with Gasteiger partial charge >= 0.3 is 0 Å². The Balaban J connectivity index is 1.22. The van der Waals surface area contributed by atoms with Crippen LogP contribution >= 0.6 is 0 Å². The molecule has 11 rings (SSSR count). The summed E-state index contributed by atoms with van der Waals surface area (Å²) in [6, 6.07) is 20.3. The lowest BCUT2D eigenvalue weighted by atomic mass is 9.56. The molecular formula is C44H50N4O2+2. The van der Waals surface area contributed by atoms with Gasteiger partial charge in [-0.15, -0.1) is 0 Å². The molecule has 6 nitrogen and oxygen atoms in total. The monoisotopic (exact) mass is 666 g/mol. The number of hydrogen-bond acceptors (Lipinski definition) is 4. The van der Waals surface area contributed by atoms with E-state index in [0.717, 1.165) is 73.9 Å². The number of rotatable bonds is 6. The lowest BCUT2D eigenvalue weighted by Gasteiger charge is -2.59. The van der Waals surface area contributed by atoms with Crippen LogP contribution in [0.3, 0.4) is 0 Å². The second-order valence-electron chi connectivity index (χ2n) is 17.2. The van der Waals surface area contributed by atoms with E-state index in [-0.39, 0.29) is 36.1 Å². The Kier molecular flexibility index (Phi) is 6.00. The molecule has 0 aromatic heterocycles. The second kappa shape index (κ2) is 10.0. The van der Waals surface area contributed by atoms with Crippen molar-refractivity contribution in [3.05, 3.63) is 132 Å². The van der Waals surface area contributed by atoms with Crippen LogP contribution in [0.25, 0.3) is 0 Å². The number of fused-ring (bicyclic) bond motifs is 8. The summed E-state index contributed by atoms with van der Waals surface area (Å²) in [7, 11) is 0. The number of quaternary nitrogens is 2. The zero-order valence-corrected chi connectivity index (χ0v) is 29.1. The molecule has 10 atom stereocenters. The summed E-state index contributed by atoms with van der Waals surface area (Å²) in [5.41, 5.74) is 11.8. The van der Waals surface area contributed by atoms with Crippen LogP contribution in [0.1, 0.15) is 36.8 Å². The number of hydrogen-bond donors (Lipinski definition) is 2. The van der Waals surface area contributed by atoms with E-state index in [1.807, 2.05) is 0 Å². The summed E-state index contributed by atoms with van der Waals surface area (Å²) in [4.78, 5) is 5.54. The van der Waals surface area contributed by atoms with Crippen LogP contribution in [0.15, 0.2) is 121 Å². The highest BCUT2D eigenvalue weighted by Gasteiger charge is 2.75. The van der Waals surface area contributed by atoms with Crippen molar-refractivity contribution in [2.75, 3.05) is 62.3 Å². The van der Waals surface area contributed by atoms with Crippen molar-refractivity contribution >= 4 is 11.4 Å². The minimum Gasteiger partial charge on any atom is -0.392 e. The molecule has 6 heteroatoms. The third-order valence-corrected chi connectivity index (χ3v) is 15.9. The van der Waals surface area contributed by atoms with Gasteiger partial charge in [0.2, 0.25) is 0 Å². The van der Waals surface area contributed by atoms with E-state index >= 15 is 0 Å². The average molecular weight is 667 g/mol. The first kappa shape index (κ1) is 30.0.